The summed E-state index contributed by atoms with van der Waals surface area (Å²) in [7, 11) is 4.84. The summed E-state index contributed by atoms with van der Waals surface area (Å²) in [6.07, 6.45) is 0.378. The number of aliphatic hydroxyl groups is 1. The highest BCUT2D eigenvalue weighted by Crippen LogP contribution is 2.28. The number of ether oxygens (including phenoxy) is 2. The van der Waals surface area contributed by atoms with Crippen molar-refractivity contribution in [1.82, 2.24) is 15.1 Å². The summed E-state index contributed by atoms with van der Waals surface area (Å²) in [6, 6.07) is 7.83. The first-order valence-corrected chi connectivity index (χ1v) is 14.3. The van der Waals surface area contributed by atoms with Crippen molar-refractivity contribution in [3.8, 4) is 0 Å². The maximum absolute atomic E-state index is 13.5. The molecule has 3 amide bonds. The molecule has 0 bridgehead atoms. The van der Waals surface area contributed by atoms with Gasteiger partial charge in [-0.25, -0.2) is 0 Å². The molecule has 1 aliphatic rings. The molecule has 1 aromatic rings. The Bertz CT molecular complexity index is 945. The highest BCUT2D eigenvalue weighted by atomic mass is 16.5. The van der Waals surface area contributed by atoms with Gasteiger partial charge in [0.2, 0.25) is 17.7 Å². The van der Waals surface area contributed by atoms with Gasteiger partial charge in [0.05, 0.1) is 42.9 Å². The van der Waals surface area contributed by atoms with Crippen LogP contribution in [0.5, 0.6) is 0 Å². The third kappa shape index (κ3) is 8.99. The molecule has 226 valence electrons. The Morgan fingerprint density at radius 2 is 1.80 bits per heavy atom. The predicted octanol–water partition coefficient (Wildman–Crippen LogP) is 1.96. The average Bonchev–Trinajstić information content (AvgIpc) is 3.42. The number of benzene rings is 1. The van der Waals surface area contributed by atoms with Crippen molar-refractivity contribution < 1.29 is 29.0 Å². The maximum atomic E-state index is 13.5. The van der Waals surface area contributed by atoms with Crippen molar-refractivity contribution in [3.63, 3.8) is 0 Å². The van der Waals surface area contributed by atoms with Gasteiger partial charge in [0.1, 0.15) is 0 Å². The summed E-state index contributed by atoms with van der Waals surface area (Å²) in [5.41, 5.74) is 6.77. The van der Waals surface area contributed by atoms with E-state index in [9.17, 15) is 19.5 Å². The normalized spacial score (nSPS) is 19.9. The summed E-state index contributed by atoms with van der Waals surface area (Å²) < 4.78 is 11.2. The summed E-state index contributed by atoms with van der Waals surface area (Å²) in [5.74, 6) is -1.20. The Balaban J connectivity index is 2.05. The van der Waals surface area contributed by atoms with E-state index >= 15 is 0 Å². The number of hydrogen-bond donors (Lipinski definition) is 3. The van der Waals surface area contributed by atoms with Gasteiger partial charge in [-0.15, -0.1) is 0 Å². The summed E-state index contributed by atoms with van der Waals surface area (Å²) in [6.45, 7) is 8.62. The molecule has 1 saturated heterocycles. The molecular weight excluding hydrogens is 512 g/mol. The summed E-state index contributed by atoms with van der Waals surface area (Å²) in [5, 5.41) is 13.6. The van der Waals surface area contributed by atoms with Crippen LogP contribution in [0.1, 0.15) is 58.6 Å². The van der Waals surface area contributed by atoms with Crippen LogP contribution < -0.4 is 11.1 Å². The summed E-state index contributed by atoms with van der Waals surface area (Å²) >= 11 is 0. The standard InChI is InChI=1S/C30H50N4O6/c1-19(2)26(31)30(38)33(5)17-22(18-39-6)16-25(35)34-15-11-14-24(34)28(40-7)20(3)29(37)32-21(4)27(36)23-12-9-8-10-13-23/h8-10,12-13,19-22,24,26-28,36H,11,14-18,31H2,1-7H3,(H,32,37)/t20-,21-,22?,24+,26?,27-,28-/m1/s1. The molecule has 1 heterocycles. The molecule has 1 aromatic carbocycles. The van der Waals surface area contributed by atoms with Crippen LogP contribution in [0.25, 0.3) is 0 Å². The molecule has 40 heavy (non-hydrogen) atoms. The smallest absolute Gasteiger partial charge is 0.239 e. The molecule has 2 rings (SSSR count). The van der Waals surface area contributed by atoms with Crippen LogP contribution in [0.2, 0.25) is 0 Å². The molecule has 10 heteroatoms. The zero-order valence-electron chi connectivity index (χ0n) is 25.2. The third-order valence-electron chi connectivity index (χ3n) is 7.94. The Hall–Kier alpha value is -2.53. The van der Waals surface area contributed by atoms with Crippen molar-refractivity contribution in [3.05, 3.63) is 35.9 Å². The van der Waals surface area contributed by atoms with Gasteiger partial charge in [0, 0.05) is 46.7 Å². The van der Waals surface area contributed by atoms with E-state index < -0.39 is 30.2 Å². The second-order valence-corrected chi connectivity index (χ2v) is 11.5. The number of hydrogen-bond acceptors (Lipinski definition) is 7. The minimum absolute atomic E-state index is 0.0116. The van der Waals surface area contributed by atoms with E-state index in [0.717, 1.165) is 18.4 Å². The molecule has 4 N–H and O–H groups in total. The molecule has 0 aromatic heterocycles. The van der Waals surface area contributed by atoms with Gasteiger partial charge in [-0.05, 0) is 31.2 Å². The third-order valence-corrected chi connectivity index (χ3v) is 7.94. The molecule has 2 unspecified atom stereocenters. The number of nitrogens with zero attached hydrogens (tertiary/aromatic N) is 2. The minimum atomic E-state index is -0.847. The zero-order valence-corrected chi connectivity index (χ0v) is 25.2. The predicted molar refractivity (Wildman–Crippen MR) is 154 cm³/mol. The Kier molecular flexibility index (Phi) is 13.5. The zero-order chi connectivity index (χ0) is 30.0. The van der Waals surface area contributed by atoms with Crippen LogP contribution in [0.3, 0.4) is 0 Å². The Morgan fingerprint density at radius 1 is 1.15 bits per heavy atom. The number of methoxy groups -OCH3 is 2. The lowest BCUT2D eigenvalue weighted by atomic mass is 9.93. The van der Waals surface area contributed by atoms with E-state index in [2.05, 4.69) is 5.32 Å². The number of carbonyl (C=O) groups is 3. The molecule has 10 nitrogen and oxygen atoms in total. The van der Waals surface area contributed by atoms with E-state index in [4.69, 9.17) is 15.2 Å². The van der Waals surface area contributed by atoms with Gasteiger partial charge >= 0.3 is 0 Å². The van der Waals surface area contributed by atoms with Crippen LogP contribution in [0.4, 0.5) is 0 Å². The Morgan fingerprint density at radius 3 is 2.38 bits per heavy atom. The quantitative estimate of drug-likeness (QED) is 0.298. The second kappa shape index (κ2) is 16.0. The topological polar surface area (TPSA) is 134 Å². The van der Waals surface area contributed by atoms with Crippen molar-refractivity contribution in [1.29, 1.82) is 0 Å². The van der Waals surface area contributed by atoms with Crippen molar-refractivity contribution >= 4 is 17.7 Å². The minimum Gasteiger partial charge on any atom is -0.386 e. The van der Waals surface area contributed by atoms with Gasteiger partial charge in [0.25, 0.3) is 0 Å². The highest BCUT2D eigenvalue weighted by molar-refractivity contribution is 5.82. The number of carbonyl (C=O) groups excluding carboxylic acids is 3. The fourth-order valence-corrected chi connectivity index (χ4v) is 5.45. The maximum Gasteiger partial charge on any atom is 0.239 e. The SMILES string of the molecule is COCC(CC(=O)N1CCC[C@H]1[C@H](OC)[C@@H](C)C(=O)N[C@H](C)[C@@H](O)c1ccccc1)CN(C)C(=O)C(N)C(C)C. The highest BCUT2D eigenvalue weighted by Gasteiger charge is 2.40. The Labute approximate surface area is 239 Å². The first-order valence-electron chi connectivity index (χ1n) is 14.3. The van der Waals surface area contributed by atoms with Crippen LogP contribution in [-0.4, -0.2) is 97.8 Å². The molecule has 0 aliphatic carbocycles. The molecule has 1 aliphatic heterocycles. The van der Waals surface area contributed by atoms with Crippen LogP contribution in [0.15, 0.2) is 30.3 Å². The monoisotopic (exact) mass is 562 g/mol. The lowest BCUT2D eigenvalue weighted by Crippen LogP contribution is -2.51. The lowest BCUT2D eigenvalue weighted by molar-refractivity contribution is -0.142. The van der Waals surface area contributed by atoms with E-state index in [0.29, 0.717) is 19.7 Å². The fourth-order valence-electron chi connectivity index (χ4n) is 5.45. The average molecular weight is 563 g/mol. The van der Waals surface area contributed by atoms with E-state index in [-0.39, 0.29) is 42.0 Å². The van der Waals surface area contributed by atoms with Crippen LogP contribution in [0, 0.1) is 17.8 Å². The van der Waals surface area contributed by atoms with Crippen molar-refractivity contribution in [2.24, 2.45) is 23.5 Å². The van der Waals surface area contributed by atoms with Crippen molar-refractivity contribution in [2.75, 3.05) is 41.0 Å². The number of nitrogens with two attached hydrogens (primary N) is 1. The molecule has 0 radical (unpaired) electrons. The van der Waals surface area contributed by atoms with E-state index in [1.165, 1.54) is 0 Å². The second-order valence-electron chi connectivity index (χ2n) is 11.5. The van der Waals surface area contributed by atoms with Crippen LogP contribution >= 0.6 is 0 Å². The number of likely N-dealkylation sites (tertiary alicyclic amines) is 1. The van der Waals surface area contributed by atoms with Gasteiger partial charge in [-0.3, -0.25) is 14.4 Å². The van der Waals surface area contributed by atoms with E-state index in [1.807, 2.05) is 49.1 Å². The van der Waals surface area contributed by atoms with Gasteiger partial charge in [-0.2, -0.15) is 0 Å². The molecule has 7 atom stereocenters. The summed E-state index contributed by atoms with van der Waals surface area (Å²) in [4.78, 5) is 42.8. The number of likely N-dealkylation sites (N-methyl/N-ethyl adjacent to an activating group) is 1. The fraction of sp³-hybridized carbons (Fsp3) is 0.700. The molecule has 1 fully saturated rings. The van der Waals surface area contributed by atoms with Gasteiger partial charge < -0.3 is 35.4 Å². The van der Waals surface area contributed by atoms with Gasteiger partial charge in [-0.1, -0.05) is 51.1 Å². The van der Waals surface area contributed by atoms with Crippen LogP contribution in [-0.2, 0) is 23.9 Å². The first kappa shape index (κ1) is 33.7. The number of aliphatic hydroxyl groups excluding tert-OH is 1. The van der Waals surface area contributed by atoms with E-state index in [1.54, 1.807) is 40.0 Å². The number of rotatable bonds is 15. The number of nitrogens with one attached hydrogen (secondary N) is 1. The first-order chi connectivity index (χ1) is 18.9. The molecular formula is C30H50N4O6. The lowest BCUT2D eigenvalue weighted by Gasteiger charge is -2.35. The van der Waals surface area contributed by atoms with Crippen molar-refractivity contribution in [2.45, 2.75) is 77.3 Å². The molecule has 0 spiro atoms. The van der Waals surface area contributed by atoms with Gasteiger partial charge in [0.15, 0.2) is 0 Å². The molecule has 0 saturated carbocycles. The largest absolute Gasteiger partial charge is 0.386 e. The number of amides is 3.